The maximum absolute atomic E-state index is 13.2. The van der Waals surface area contributed by atoms with Gasteiger partial charge in [-0.05, 0) is 24.1 Å². The van der Waals surface area contributed by atoms with Gasteiger partial charge in [-0.2, -0.15) is 0 Å². The SMILES string of the molecule is CCCC1Oc2ccccc2C(=O)C1C(C[N+](=O)[O-])c1ccccc1. The Labute approximate surface area is 146 Å². The summed E-state index contributed by atoms with van der Waals surface area (Å²) < 4.78 is 6.10. The van der Waals surface area contributed by atoms with Crippen molar-refractivity contribution in [3.8, 4) is 5.75 Å². The van der Waals surface area contributed by atoms with E-state index >= 15 is 0 Å². The highest BCUT2D eigenvalue weighted by atomic mass is 16.6. The van der Waals surface area contributed by atoms with E-state index in [0.717, 1.165) is 12.0 Å². The van der Waals surface area contributed by atoms with Gasteiger partial charge in [-0.1, -0.05) is 55.8 Å². The molecule has 130 valence electrons. The molecule has 0 aliphatic carbocycles. The fourth-order valence-corrected chi connectivity index (χ4v) is 3.61. The topological polar surface area (TPSA) is 69.4 Å². The van der Waals surface area contributed by atoms with Crippen LogP contribution in [0.2, 0.25) is 0 Å². The largest absolute Gasteiger partial charge is 0.489 e. The quantitative estimate of drug-likeness (QED) is 0.587. The first kappa shape index (κ1) is 17.1. The molecule has 5 nitrogen and oxygen atoms in total. The van der Waals surface area contributed by atoms with Crippen molar-refractivity contribution < 1.29 is 14.5 Å². The van der Waals surface area contributed by atoms with Gasteiger partial charge in [-0.15, -0.1) is 0 Å². The van der Waals surface area contributed by atoms with Gasteiger partial charge in [-0.25, -0.2) is 0 Å². The van der Waals surface area contributed by atoms with Gasteiger partial charge in [0.1, 0.15) is 11.9 Å². The van der Waals surface area contributed by atoms with Crippen LogP contribution < -0.4 is 4.74 Å². The Morgan fingerprint density at radius 3 is 2.48 bits per heavy atom. The zero-order chi connectivity index (χ0) is 17.8. The lowest BCUT2D eigenvalue weighted by Gasteiger charge is -2.36. The Balaban J connectivity index is 2.05. The van der Waals surface area contributed by atoms with Gasteiger partial charge in [0, 0.05) is 4.92 Å². The lowest BCUT2D eigenvalue weighted by atomic mass is 9.75. The molecule has 3 unspecified atom stereocenters. The van der Waals surface area contributed by atoms with Crippen molar-refractivity contribution in [2.24, 2.45) is 5.92 Å². The van der Waals surface area contributed by atoms with Gasteiger partial charge < -0.3 is 4.74 Å². The van der Waals surface area contributed by atoms with Crippen molar-refractivity contribution >= 4 is 5.78 Å². The highest BCUT2D eigenvalue weighted by molar-refractivity contribution is 6.02. The van der Waals surface area contributed by atoms with E-state index in [4.69, 9.17) is 4.74 Å². The summed E-state index contributed by atoms with van der Waals surface area (Å²) >= 11 is 0. The Hall–Kier alpha value is -2.69. The molecule has 2 aromatic carbocycles. The second-order valence-corrected chi connectivity index (χ2v) is 6.36. The number of rotatable bonds is 6. The van der Waals surface area contributed by atoms with Gasteiger partial charge >= 0.3 is 0 Å². The minimum Gasteiger partial charge on any atom is -0.489 e. The third-order valence-electron chi connectivity index (χ3n) is 4.71. The molecule has 25 heavy (non-hydrogen) atoms. The molecule has 3 rings (SSSR count). The number of para-hydroxylation sites is 1. The van der Waals surface area contributed by atoms with E-state index in [2.05, 4.69) is 0 Å². The van der Waals surface area contributed by atoms with Gasteiger partial charge in [0.2, 0.25) is 6.54 Å². The molecule has 0 saturated carbocycles. The average molecular weight is 339 g/mol. The number of nitro groups is 1. The smallest absolute Gasteiger partial charge is 0.211 e. The maximum Gasteiger partial charge on any atom is 0.211 e. The summed E-state index contributed by atoms with van der Waals surface area (Å²) in [5, 5.41) is 11.3. The molecule has 0 aromatic heterocycles. The van der Waals surface area contributed by atoms with E-state index in [9.17, 15) is 14.9 Å². The molecule has 0 amide bonds. The van der Waals surface area contributed by atoms with Gasteiger partial charge in [-0.3, -0.25) is 14.9 Å². The summed E-state index contributed by atoms with van der Waals surface area (Å²) in [6.07, 6.45) is 1.18. The highest BCUT2D eigenvalue weighted by Gasteiger charge is 2.44. The van der Waals surface area contributed by atoms with Crippen LogP contribution in [0.15, 0.2) is 54.6 Å². The van der Waals surface area contributed by atoms with E-state index in [1.165, 1.54) is 0 Å². The Kier molecular flexibility index (Phi) is 5.12. The number of Topliss-reactive ketones (excluding diaryl/α,β-unsaturated/α-hetero) is 1. The minimum atomic E-state index is -0.553. The number of carbonyl (C=O) groups excluding carboxylic acids is 1. The van der Waals surface area contributed by atoms with Crippen LogP contribution in [0.1, 0.15) is 41.6 Å². The highest BCUT2D eigenvalue weighted by Crippen LogP contribution is 2.40. The monoisotopic (exact) mass is 339 g/mol. The molecule has 2 aromatic rings. The number of hydrogen-bond donors (Lipinski definition) is 0. The van der Waals surface area contributed by atoms with Crippen molar-refractivity contribution in [2.45, 2.75) is 31.8 Å². The van der Waals surface area contributed by atoms with Crippen molar-refractivity contribution in [2.75, 3.05) is 6.54 Å². The van der Waals surface area contributed by atoms with E-state index in [1.807, 2.05) is 43.3 Å². The summed E-state index contributed by atoms with van der Waals surface area (Å²) in [6.45, 7) is 1.74. The summed E-state index contributed by atoms with van der Waals surface area (Å²) in [5.74, 6) is -0.539. The molecule has 0 N–H and O–H groups in total. The molecule has 5 heteroatoms. The van der Waals surface area contributed by atoms with E-state index in [-0.39, 0.29) is 23.4 Å². The molecule has 1 heterocycles. The summed E-state index contributed by atoms with van der Waals surface area (Å²) in [4.78, 5) is 24.2. The molecule has 1 aliphatic rings. The van der Waals surface area contributed by atoms with Crippen molar-refractivity contribution in [1.82, 2.24) is 0 Å². The number of nitrogens with zero attached hydrogens (tertiary/aromatic N) is 1. The first-order valence-electron chi connectivity index (χ1n) is 8.58. The van der Waals surface area contributed by atoms with Crippen LogP contribution in [0.25, 0.3) is 0 Å². The Bertz CT molecular complexity index is 759. The van der Waals surface area contributed by atoms with Crippen molar-refractivity contribution in [1.29, 1.82) is 0 Å². The third kappa shape index (κ3) is 3.55. The van der Waals surface area contributed by atoms with E-state index in [0.29, 0.717) is 17.7 Å². The Morgan fingerprint density at radius 2 is 1.80 bits per heavy atom. The fourth-order valence-electron chi connectivity index (χ4n) is 3.61. The van der Waals surface area contributed by atoms with Crippen molar-refractivity contribution in [3.63, 3.8) is 0 Å². The molecular formula is C20H21NO4. The zero-order valence-corrected chi connectivity index (χ0v) is 14.1. The normalized spacial score (nSPS) is 20.4. The molecule has 0 saturated heterocycles. The first-order chi connectivity index (χ1) is 12.1. The van der Waals surface area contributed by atoms with Crippen LogP contribution in [-0.2, 0) is 0 Å². The van der Waals surface area contributed by atoms with E-state index < -0.39 is 11.8 Å². The maximum atomic E-state index is 13.2. The van der Waals surface area contributed by atoms with Crippen LogP contribution in [0.4, 0.5) is 0 Å². The molecular weight excluding hydrogens is 318 g/mol. The van der Waals surface area contributed by atoms with Crippen LogP contribution in [0.5, 0.6) is 5.75 Å². The third-order valence-corrected chi connectivity index (χ3v) is 4.71. The van der Waals surface area contributed by atoms with Gasteiger partial charge in [0.05, 0.1) is 17.4 Å². The zero-order valence-electron chi connectivity index (χ0n) is 14.1. The van der Waals surface area contributed by atoms with Gasteiger partial charge in [0.25, 0.3) is 0 Å². The summed E-state index contributed by atoms with van der Waals surface area (Å²) in [5.41, 5.74) is 1.32. The molecule has 0 bridgehead atoms. The second kappa shape index (κ2) is 7.47. The molecule has 0 spiro atoms. The number of benzene rings is 2. The number of carbonyl (C=O) groups is 1. The van der Waals surface area contributed by atoms with Gasteiger partial charge in [0.15, 0.2) is 5.78 Å². The molecule has 0 fully saturated rings. The number of ketones is 1. The van der Waals surface area contributed by atoms with Crippen LogP contribution >= 0.6 is 0 Å². The van der Waals surface area contributed by atoms with Crippen molar-refractivity contribution in [3.05, 3.63) is 75.8 Å². The standard InChI is InChI=1S/C20H21NO4/c1-2-8-18-19(20(22)15-11-6-7-12-17(15)25-18)16(13-21(23)24)14-9-4-3-5-10-14/h3-7,9-12,16,18-19H,2,8,13H2,1H3. The van der Waals surface area contributed by atoms with E-state index in [1.54, 1.807) is 18.2 Å². The number of fused-ring (bicyclic) bond motifs is 1. The Morgan fingerprint density at radius 1 is 1.12 bits per heavy atom. The first-order valence-corrected chi connectivity index (χ1v) is 8.58. The van der Waals surface area contributed by atoms with Crippen LogP contribution in [0.3, 0.4) is 0 Å². The van der Waals surface area contributed by atoms with Crippen LogP contribution in [0, 0.1) is 16.0 Å². The average Bonchev–Trinajstić information content (AvgIpc) is 2.61. The second-order valence-electron chi connectivity index (χ2n) is 6.36. The minimum absolute atomic E-state index is 0.0593. The summed E-state index contributed by atoms with van der Waals surface area (Å²) in [7, 11) is 0. The lowest BCUT2D eigenvalue weighted by molar-refractivity contribution is -0.484. The molecule has 1 aliphatic heterocycles. The van der Waals surface area contributed by atoms with Crippen LogP contribution in [-0.4, -0.2) is 23.4 Å². The summed E-state index contributed by atoms with van der Waals surface area (Å²) in [6, 6.07) is 16.4. The number of ether oxygens (including phenoxy) is 1. The predicted molar refractivity (Wildman–Crippen MR) is 94.6 cm³/mol. The lowest BCUT2D eigenvalue weighted by Crippen LogP contribution is -2.43. The fraction of sp³-hybridized carbons (Fsp3) is 0.350. The molecule has 0 radical (unpaired) electrons. The predicted octanol–water partition coefficient (Wildman–Crippen LogP) is 4.11. The molecule has 3 atom stereocenters. The number of hydrogen-bond acceptors (Lipinski definition) is 4.